The van der Waals surface area contributed by atoms with Gasteiger partial charge in [-0.1, -0.05) is 19.1 Å². The fourth-order valence-corrected chi connectivity index (χ4v) is 3.46. The maximum absolute atomic E-state index is 13.4. The van der Waals surface area contributed by atoms with Crippen molar-refractivity contribution >= 4 is 17.9 Å². The van der Waals surface area contributed by atoms with Crippen molar-refractivity contribution in [3.63, 3.8) is 0 Å². The molecular weight excluding hydrogens is 355 g/mol. The molecule has 27 heavy (non-hydrogen) atoms. The molecule has 2 fully saturated rings. The smallest absolute Gasteiger partial charge is 0.326 e. The van der Waals surface area contributed by atoms with Crippen molar-refractivity contribution in [3.8, 4) is 5.75 Å². The number of hydrogen-bond acceptors (Lipinski definition) is 5. The molecular formula is C19H23FN2O5. The van der Waals surface area contributed by atoms with Gasteiger partial charge in [-0.15, -0.1) is 0 Å². The zero-order valence-electron chi connectivity index (χ0n) is 15.2. The summed E-state index contributed by atoms with van der Waals surface area (Å²) < 4.78 is 23.6. The van der Waals surface area contributed by atoms with E-state index < -0.39 is 29.9 Å². The first-order valence-electron chi connectivity index (χ1n) is 9.08. The summed E-state index contributed by atoms with van der Waals surface area (Å²) in [6, 6.07) is 5.34. The number of amides is 3. The Morgan fingerprint density at radius 3 is 2.67 bits per heavy atom. The molecule has 1 N–H and O–H groups in total. The van der Waals surface area contributed by atoms with Gasteiger partial charge in [0.05, 0.1) is 0 Å². The van der Waals surface area contributed by atoms with E-state index in [1.807, 2.05) is 0 Å². The van der Waals surface area contributed by atoms with E-state index in [1.54, 1.807) is 12.1 Å². The Labute approximate surface area is 156 Å². The normalized spacial score (nSPS) is 24.8. The fourth-order valence-electron chi connectivity index (χ4n) is 3.46. The molecule has 8 heteroatoms. The van der Waals surface area contributed by atoms with Gasteiger partial charge in [-0.3, -0.25) is 14.5 Å². The molecule has 0 radical (unpaired) electrons. The number of hydrogen-bond donors (Lipinski definition) is 1. The SMILES string of the molecule is CC1CCC2(CC1)NC(=O)N(CC(=O)OCCOc1ccccc1F)C2=O. The molecule has 1 aromatic carbocycles. The third-order valence-corrected chi connectivity index (χ3v) is 5.10. The van der Waals surface area contributed by atoms with Crippen LogP contribution in [0.25, 0.3) is 0 Å². The van der Waals surface area contributed by atoms with Gasteiger partial charge < -0.3 is 14.8 Å². The number of rotatable bonds is 6. The van der Waals surface area contributed by atoms with E-state index in [-0.39, 0.29) is 24.9 Å². The molecule has 0 aromatic heterocycles. The Balaban J connectivity index is 1.46. The van der Waals surface area contributed by atoms with E-state index in [1.165, 1.54) is 12.1 Å². The van der Waals surface area contributed by atoms with Crippen molar-refractivity contribution < 1.29 is 28.2 Å². The first-order chi connectivity index (χ1) is 12.9. The molecule has 1 saturated carbocycles. The van der Waals surface area contributed by atoms with Crippen LogP contribution in [0, 0.1) is 11.7 Å². The molecule has 146 valence electrons. The predicted octanol–water partition coefficient (Wildman–Crippen LogP) is 2.25. The van der Waals surface area contributed by atoms with Gasteiger partial charge in [-0.25, -0.2) is 9.18 Å². The monoisotopic (exact) mass is 378 g/mol. The van der Waals surface area contributed by atoms with Crippen LogP contribution >= 0.6 is 0 Å². The minimum Gasteiger partial charge on any atom is -0.487 e. The van der Waals surface area contributed by atoms with Crippen molar-refractivity contribution in [3.05, 3.63) is 30.1 Å². The number of carbonyl (C=O) groups is 3. The minimum atomic E-state index is -0.877. The van der Waals surface area contributed by atoms with Gasteiger partial charge in [0.15, 0.2) is 11.6 Å². The van der Waals surface area contributed by atoms with E-state index in [9.17, 15) is 18.8 Å². The third-order valence-electron chi connectivity index (χ3n) is 5.10. The van der Waals surface area contributed by atoms with Crippen molar-refractivity contribution in [2.75, 3.05) is 19.8 Å². The average molecular weight is 378 g/mol. The molecule has 0 bridgehead atoms. The largest absolute Gasteiger partial charge is 0.487 e. The van der Waals surface area contributed by atoms with E-state index in [2.05, 4.69) is 12.2 Å². The van der Waals surface area contributed by atoms with Crippen LogP contribution in [0.5, 0.6) is 5.75 Å². The van der Waals surface area contributed by atoms with Crippen LogP contribution in [-0.2, 0) is 14.3 Å². The summed E-state index contributed by atoms with van der Waals surface area (Å²) >= 11 is 0. The zero-order chi connectivity index (χ0) is 19.4. The van der Waals surface area contributed by atoms with Crippen LogP contribution in [0.1, 0.15) is 32.6 Å². The molecule has 0 unspecified atom stereocenters. The summed E-state index contributed by atoms with van der Waals surface area (Å²) in [7, 11) is 0. The van der Waals surface area contributed by atoms with Gasteiger partial charge in [0.1, 0.15) is 25.3 Å². The molecule has 3 amide bonds. The Morgan fingerprint density at radius 2 is 1.96 bits per heavy atom. The molecule has 3 rings (SSSR count). The van der Waals surface area contributed by atoms with Crippen molar-refractivity contribution in [2.45, 2.75) is 38.1 Å². The van der Waals surface area contributed by atoms with Gasteiger partial charge in [-0.05, 0) is 43.7 Å². The van der Waals surface area contributed by atoms with Gasteiger partial charge in [0.25, 0.3) is 5.91 Å². The topological polar surface area (TPSA) is 84.9 Å². The number of carbonyl (C=O) groups excluding carboxylic acids is 3. The quantitative estimate of drug-likeness (QED) is 0.466. The third kappa shape index (κ3) is 4.20. The maximum Gasteiger partial charge on any atom is 0.326 e. The molecule has 0 atom stereocenters. The number of halogens is 1. The first-order valence-corrected chi connectivity index (χ1v) is 9.08. The van der Waals surface area contributed by atoms with Gasteiger partial charge in [0, 0.05) is 0 Å². The summed E-state index contributed by atoms with van der Waals surface area (Å²) in [5.41, 5.74) is -0.877. The Hall–Kier alpha value is -2.64. The van der Waals surface area contributed by atoms with Gasteiger partial charge in [-0.2, -0.15) is 0 Å². The summed E-state index contributed by atoms with van der Waals surface area (Å²) in [5, 5.41) is 2.75. The van der Waals surface area contributed by atoms with Crippen LogP contribution in [0.15, 0.2) is 24.3 Å². The second kappa shape index (κ2) is 7.94. The lowest BCUT2D eigenvalue weighted by molar-refractivity contribution is -0.148. The van der Waals surface area contributed by atoms with Gasteiger partial charge in [0.2, 0.25) is 0 Å². The standard InChI is InChI=1S/C19H23FN2O5/c1-13-6-8-19(9-7-13)17(24)22(18(25)21-19)12-16(23)27-11-10-26-15-5-3-2-4-14(15)20/h2-5,13H,6-12H2,1H3,(H,21,25). The first kappa shape index (κ1) is 19.1. The Morgan fingerprint density at radius 1 is 1.26 bits per heavy atom. The number of ether oxygens (including phenoxy) is 2. The second-order valence-electron chi connectivity index (χ2n) is 7.09. The van der Waals surface area contributed by atoms with Gasteiger partial charge >= 0.3 is 12.0 Å². The van der Waals surface area contributed by atoms with Crippen LogP contribution in [0.4, 0.5) is 9.18 Å². The highest BCUT2D eigenvalue weighted by molar-refractivity contribution is 6.08. The molecule has 1 aromatic rings. The van der Waals surface area contributed by atoms with Crippen LogP contribution in [0.3, 0.4) is 0 Å². The number of imide groups is 1. The lowest BCUT2D eigenvalue weighted by atomic mass is 9.77. The average Bonchev–Trinajstić information content (AvgIpc) is 2.87. The van der Waals surface area contributed by atoms with Crippen LogP contribution in [-0.4, -0.2) is 48.1 Å². The van der Waals surface area contributed by atoms with Crippen molar-refractivity contribution in [1.82, 2.24) is 10.2 Å². The summed E-state index contributed by atoms with van der Waals surface area (Å²) in [4.78, 5) is 37.7. The predicted molar refractivity (Wildman–Crippen MR) is 93.5 cm³/mol. The molecule has 7 nitrogen and oxygen atoms in total. The molecule has 1 aliphatic carbocycles. The number of nitrogens with one attached hydrogen (secondary N) is 1. The maximum atomic E-state index is 13.4. The van der Waals surface area contributed by atoms with E-state index in [0.717, 1.165) is 17.7 Å². The van der Waals surface area contributed by atoms with E-state index in [0.29, 0.717) is 18.8 Å². The van der Waals surface area contributed by atoms with E-state index >= 15 is 0 Å². The van der Waals surface area contributed by atoms with Crippen molar-refractivity contribution in [2.24, 2.45) is 5.92 Å². The number of benzene rings is 1. The molecule has 1 spiro atoms. The molecule has 2 aliphatic rings. The lowest BCUT2D eigenvalue weighted by Crippen LogP contribution is -2.49. The number of urea groups is 1. The Bertz CT molecular complexity index is 731. The number of nitrogens with zero attached hydrogens (tertiary/aromatic N) is 1. The number of para-hydroxylation sites is 1. The van der Waals surface area contributed by atoms with Crippen LogP contribution in [0.2, 0.25) is 0 Å². The summed E-state index contributed by atoms with van der Waals surface area (Å²) in [5.74, 6) is -0.990. The molecule has 1 aliphatic heterocycles. The second-order valence-corrected chi connectivity index (χ2v) is 7.09. The highest BCUT2D eigenvalue weighted by atomic mass is 19.1. The number of esters is 1. The summed E-state index contributed by atoms with van der Waals surface area (Å²) in [6.45, 7) is 1.53. The minimum absolute atomic E-state index is 0.0331. The fraction of sp³-hybridized carbons (Fsp3) is 0.526. The lowest BCUT2D eigenvalue weighted by Gasteiger charge is -2.33. The van der Waals surface area contributed by atoms with E-state index in [4.69, 9.17) is 9.47 Å². The van der Waals surface area contributed by atoms with Crippen LogP contribution < -0.4 is 10.1 Å². The Kier molecular flexibility index (Phi) is 5.62. The zero-order valence-corrected chi connectivity index (χ0v) is 15.2. The highest BCUT2D eigenvalue weighted by Gasteiger charge is 2.52. The summed E-state index contributed by atoms with van der Waals surface area (Å²) in [6.07, 6.45) is 2.89. The van der Waals surface area contributed by atoms with Crippen molar-refractivity contribution in [1.29, 1.82) is 0 Å². The molecule has 1 heterocycles. The molecule has 1 saturated heterocycles. The highest BCUT2D eigenvalue weighted by Crippen LogP contribution is 2.36.